The molecule has 1 fully saturated rings. The molecule has 2 aromatic rings. The van der Waals surface area contributed by atoms with Crippen LogP contribution in [0.1, 0.15) is 30.0 Å². The molecule has 0 bridgehead atoms. The Bertz CT molecular complexity index is 780. The molecule has 2 aromatic carbocycles. The Labute approximate surface area is 167 Å². The fourth-order valence-corrected chi connectivity index (χ4v) is 3.39. The van der Waals surface area contributed by atoms with Crippen LogP contribution in [0.5, 0.6) is 5.75 Å². The van der Waals surface area contributed by atoms with Crippen molar-refractivity contribution in [3.05, 3.63) is 69.8 Å². The van der Waals surface area contributed by atoms with E-state index in [0.717, 1.165) is 31.0 Å². The molecule has 2 N–H and O–H groups in total. The topological polar surface area (TPSA) is 76.4 Å². The highest BCUT2D eigenvalue weighted by atomic mass is 35.5. The molecule has 152 valence electrons. The third-order valence-electron chi connectivity index (χ3n) is 4.64. The van der Waals surface area contributed by atoms with Crippen LogP contribution in [0, 0.1) is 10.1 Å². The molecule has 0 saturated carbocycles. The van der Waals surface area contributed by atoms with Gasteiger partial charge in [0.05, 0.1) is 4.92 Å². The molecule has 1 saturated heterocycles. The zero-order valence-electron chi connectivity index (χ0n) is 15.0. The molecule has 1 aliphatic heterocycles. The molecule has 1 aliphatic rings. The van der Waals surface area contributed by atoms with E-state index in [1.807, 2.05) is 30.3 Å². The highest BCUT2D eigenvalue weighted by molar-refractivity contribution is 5.85. The van der Waals surface area contributed by atoms with E-state index in [0.29, 0.717) is 5.56 Å². The zero-order valence-corrected chi connectivity index (χ0v) is 15.8. The van der Waals surface area contributed by atoms with E-state index in [9.17, 15) is 18.9 Å². The minimum atomic E-state index is -2.99. The number of alkyl halides is 2. The van der Waals surface area contributed by atoms with Gasteiger partial charge in [0, 0.05) is 36.3 Å². The van der Waals surface area contributed by atoms with Crippen LogP contribution in [0.25, 0.3) is 0 Å². The molecular weight excluding hydrogens is 392 g/mol. The second-order valence-corrected chi connectivity index (χ2v) is 6.40. The summed E-state index contributed by atoms with van der Waals surface area (Å²) in [4.78, 5) is 10.5. The van der Waals surface area contributed by atoms with E-state index >= 15 is 0 Å². The molecule has 0 aromatic heterocycles. The fraction of sp³-hybridized carbons (Fsp3) is 0.368. The van der Waals surface area contributed by atoms with Crippen LogP contribution >= 0.6 is 12.4 Å². The van der Waals surface area contributed by atoms with Gasteiger partial charge in [0.2, 0.25) is 0 Å². The van der Waals surface area contributed by atoms with Gasteiger partial charge < -0.3 is 15.4 Å². The quantitative estimate of drug-likeness (QED) is 0.525. The first-order valence-corrected chi connectivity index (χ1v) is 8.78. The number of piperidine rings is 1. The summed E-state index contributed by atoms with van der Waals surface area (Å²) in [5.74, 6) is -0.0527. The van der Waals surface area contributed by atoms with E-state index < -0.39 is 11.5 Å². The van der Waals surface area contributed by atoms with Crippen molar-refractivity contribution in [1.29, 1.82) is 0 Å². The van der Waals surface area contributed by atoms with Crippen LogP contribution in [-0.4, -0.2) is 24.1 Å². The first-order valence-electron chi connectivity index (χ1n) is 8.78. The summed E-state index contributed by atoms with van der Waals surface area (Å²) in [5, 5.41) is 17.8. The average Bonchev–Trinajstić information content (AvgIpc) is 2.67. The van der Waals surface area contributed by atoms with E-state index in [1.54, 1.807) is 0 Å². The van der Waals surface area contributed by atoms with Crippen LogP contribution in [-0.2, 0) is 6.54 Å². The Morgan fingerprint density at radius 3 is 2.68 bits per heavy atom. The van der Waals surface area contributed by atoms with Crippen molar-refractivity contribution in [2.45, 2.75) is 38.1 Å². The Morgan fingerprint density at radius 2 is 2.00 bits per heavy atom. The molecule has 3 rings (SSSR count). The van der Waals surface area contributed by atoms with Gasteiger partial charge >= 0.3 is 6.61 Å². The number of nitrogens with zero attached hydrogens (tertiary/aromatic N) is 1. The third-order valence-corrected chi connectivity index (χ3v) is 4.64. The lowest BCUT2D eigenvalue weighted by molar-refractivity contribution is -0.385. The van der Waals surface area contributed by atoms with Crippen molar-refractivity contribution in [3.8, 4) is 5.75 Å². The molecule has 0 unspecified atom stereocenters. The number of benzene rings is 2. The predicted octanol–water partition coefficient (Wildman–Crippen LogP) is 4.20. The van der Waals surface area contributed by atoms with Gasteiger partial charge in [-0.2, -0.15) is 8.78 Å². The average molecular weight is 414 g/mol. The van der Waals surface area contributed by atoms with E-state index in [4.69, 9.17) is 0 Å². The maximum absolute atomic E-state index is 12.7. The second-order valence-electron chi connectivity index (χ2n) is 6.40. The van der Waals surface area contributed by atoms with Crippen LogP contribution in [0.2, 0.25) is 0 Å². The van der Waals surface area contributed by atoms with Gasteiger partial charge in [0.15, 0.2) is 0 Å². The molecule has 28 heavy (non-hydrogen) atoms. The van der Waals surface area contributed by atoms with Gasteiger partial charge in [-0.25, -0.2) is 0 Å². The van der Waals surface area contributed by atoms with E-state index in [1.165, 1.54) is 12.1 Å². The molecule has 0 spiro atoms. The van der Waals surface area contributed by atoms with Crippen molar-refractivity contribution in [1.82, 2.24) is 10.6 Å². The number of nitrogens with one attached hydrogen (secondary N) is 2. The summed E-state index contributed by atoms with van der Waals surface area (Å²) >= 11 is 0. The van der Waals surface area contributed by atoms with Gasteiger partial charge in [0.1, 0.15) is 5.75 Å². The van der Waals surface area contributed by atoms with Crippen molar-refractivity contribution in [2.24, 2.45) is 0 Å². The lowest BCUT2D eigenvalue weighted by Crippen LogP contribution is -2.45. The monoisotopic (exact) mass is 413 g/mol. The summed E-state index contributed by atoms with van der Waals surface area (Å²) in [7, 11) is 0. The number of nitro benzene ring substituents is 1. The number of ether oxygens (including phenoxy) is 1. The van der Waals surface area contributed by atoms with Gasteiger partial charge in [-0.3, -0.25) is 10.1 Å². The number of nitro groups is 1. The lowest BCUT2D eigenvalue weighted by atomic mass is 9.92. The van der Waals surface area contributed by atoms with Crippen LogP contribution < -0.4 is 15.4 Å². The Kier molecular flexibility index (Phi) is 8.10. The largest absolute Gasteiger partial charge is 0.434 e. The number of rotatable bonds is 7. The standard InChI is InChI=1S/C19H21F2N3O3.ClH/c20-19(21)27-17-9-8-15(24(25)26)11-14(17)12-23-16-7-4-10-22-18(16)13-5-2-1-3-6-13;/h1-3,5-6,8-9,11,16,18-19,22-23H,4,7,10,12H2;1H/t16-,18-;/m0./s1. The van der Waals surface area contributed by atoms with Crippen LogP contribution in [0.4, 0.5) is 14.5 Å². The minimum Gasteiger partial charge on any atom is -0.434 e. The molecular formula is C19H22ClF2N3O3. The maximum atomic E-state index is 12.7. The Morgan fingerprint density at radius 1 is 1.25 bits per heavy atom. The van der Waals surface area contributed by atoms with Crippen molar-refractivity contribution < 1.29 is 18.4 Å². The minimum absolute atomic E-state index is 0. The first kappa shape index (κ1) is 22.0. The first-order chi connectivity index (χ1) is 13.0. The Balaban J connectivity index is 0.00000280. The number of non-ortho nitro benzene ring substituents is 1. The summed E-state index contributed by atoms with van der Waals surface area (Å²) in [6, 6.07) is 13.8. The summed E-state index contributed by atoms with van der Waals surface area (Å²) < 4.78 is 29.8. The number of hydrogen-bond acceptors (Lipinski definition) is 5. The second kappa shape index (κ2) is 10.3. The normalized spacial score (nSPS) is 19.1. The maximum Gasteiger partial charge on any atom is 0.387 e. The number of halogens is 3. The summed E-state index contributed by atoms with van der Waals surface area (Å²) in [5.41, 5.74) is 1.31. The van der Waals surface area contributed by atoms with Gasteiger partial charge in [0.25, 0.3) is 5.69 Å². The predicted molar refractivity (Wildman–Crippen MR) is 104 cm³/mol. The van der Waals surface area contributed by atoms with Crippen molar-refractivity contribution in [3.63, 3.8) is 0 Å². The van der Waals surface area contributed by atoms with Gasteiger partial charge in [-0.1, -0.05) is 30.3 Å². The highest BCUT2D eigenvalue weighted by Gasteiger charge is 2.26. The summed E-state index contributed by atoms with van der Waals surface area (Å²) in [6.07, 6.45) is 1.89. The molecule has 6 nitrogen and oxygen atoms in total. The van der Waals surface area contributed by atoms with Crippen molar-refractivity contribution in [2.75, 3.05) is 6.54 Å². The fourth-order valence-electron chi connectivity index (χ4n) is 3.39. The van der Waals surface area contributed by atoms with Gasteiger partial charge in [-0.15, -0.1) is 12.4 Å². The molecule has 0 amide bonds. The summed E-state index contributed by atoms with van der Waals surface area (Å²) in [6.45, 7) is -1.90. The lowest BCUT2D eigenvalue weighted by Gasteiger charge is -2.34. The van der Waals surface area contributed by atoms with Crippen LogP contribution in [0.3, 0.4) is 0 Å². The smallest absolute Gasteiger partial charge is 0.387 e. The van der Waals surface area contributed by atoms with Crippen LogP contribution in [0.15, 0.2) is 48.5 Å². The Hall–Kier alpha value is -2.29. The zero-order chi connectivity index (χ0) is 19.2. The molecule has 2 atom stereocenters. The SMILES string of the molecule is Cl.O=[N+]([O-])c1ccc(OC(F)F)c(CN[C@H]2CCCN[C@H]2c2ccccc2)c1. The van der Waals surface area contributed by atoms with E-state index in [-0.39, 0.29) is 42.5 Å². The molecule has 1 heterocycles. The molecule has 9 heteroatoms. The van der Waals surface area contributed by atoms with E-state index in [2.05, 4.69) is 15.4 Å². The third kappa shape index (κ3) is 5.60. The molecule has 0 radical (unpaired) electrons. The highest BCUT2D eigenvalue weighted by Crippen LogP contribution is 2.28. The molecule has 0 aliphatic carbocycles. The van der Waals surface area contributed by atoms with Gasteiger partial charge in [-0.05, 0) is 31.0 Å². The van der Waals surface area contributed by atoms with Crippen molar-refractivity contribution >= 4 is 18.1 Å². The number of hydrogen-bond donors (Lipinski definition) is 2.